The molecule has 1 aliphatic rings. The van der Waals surface area contributed by atoms with Crippen LogP contribution in [0.25, 0.3) is 0 Å². The summed E-state index contributed by atoms with van der Waals surface area (Å²) in [5, 5.41) is 2.31. The maximum atomic E-state index is 13.6. The third-order valence-electron chi connectivity index (χ3n) is 5.25. The normalized spacial score (nSPS) is 15.0. The summed E-state index contributed by atoms with van der Waals surface area (Å²) in [7, 11) is 0. The summed E-state index contributed by atoms with van der Waals surface area (Å²) in [5.41, 5.74) is 3.44. The van der Waals surface area contributed by atoms with Crippen molar-refractivity contribution in [3.05, 3.63) is 58.9 Å². The molecule has 4 nitrogen and oxygen atoms in total. The molecule has 150 valence electrons. The van der Waals surface area contributed by atoms with E-state index in [9.17, 15) is 18.0 Å². The summed E-state index contributed by atoms with van der Waals surface area (Å²) < 4.78 is 39.8. The summed E-state index contributed by atoms with van der Waals surface area (Å²) in [6.07, 6.45) is 0.155. The van der Waals surface area contributed by atoms with Gasteiger partial charge in [0.1, 0.15) is 0 Å². The first-order chi connectivity index (χ1) is 13.4. The average molecular weight is 391 g/mol. The van der Waals surface area contributed by atoms with Crippen molar-refractivity contribution in [1.82, 2.24) is 4.90 Å². The Morgan fingerprint density at radius 2 is 1.71 bits per heavy atom. The Morgan fingerprint density at radius 3 is 2.43 bits per heavy atom. The number of piperazine rings is 1. The lowest BCUT2D eigenvalue weighted by Crippen LogP contribution is -2.47. The van der Waals surface area contributed by atoms with Crippen molar-refractivity contribution in [3.63, 3.8) is 0 Å². The molecule has 1 amide bonds. The molecule has 0 atom stereocenters. The van der Waals surface area contributed by atoms with E-state index in [2.05, 4.69) is 47.2 Å². The second kappa shape index (κ2) is 8.65. The van der Waals surface area contributed by atoms with Gasteiger partial charge in [0.15, 0.2) is 17.5 Å². The molecule has 0 unspecified atom stereocenters. The van der Waals surface area contributed by atoms with Gasteiger partial charge in [-0.25, -0.2) is 13.2 Å². The van der Waals surface area contributed by atoms with Gasteiger partial charge in [-0.15, -0.1) is 0 Å². The fourth-order valence-electron chi connectivity index (χ4n) is 3.39. The van der Waals surface area contributed by atoms with E-state index < -0.39 is 23.4 Å². The van der Waals surface area contributed by atoms with E-state index in [4.69, 9.17) is 0 Å². The lowest BCUT2D eigenvalue weighted by molar-refractivity contribution is -0.116. The number of carbonyl (C=O) groups is 1. The van der Waals surface area contributed by atoms with Crippen LogP contribution in [0.4, 0.5) is 24.5 Å². The zero-order valence-corrected chi connectivity index (χ0v) is 16.1. The number of nitrogens with one attached hydrogen (secondary N) is 1. The van der Waals surface area contributed by atoms with Crippen LogP contribution in [-0.4, -0.2) is 43.5 Å². The van der Waals surface area contributed by atoms with Crippen molar-refractivity contribution in [2.24, 2.45) is 0 Å². The van der Waals surface area contributed by atoms with Crippen molar-refractivity contribution in [2.75, 3.05) is 42.9 Å². The summed E-state index contributed by atoms with van der Waals surface area (Å²) in [4.78, 5) is 16.6. The van der Waals surface area contributed by atoms with Gasteiger partial charge in [-0.2, -0.15) is 0 Å². The van der Waals surface area contributed by atoms with Crippen LogP contribution in [0.5, 0.6) is 0 Å². The molecule has 0 aromatic heterocycles. The molecule has 3 rings (SSSR count). The molecule has 1 aliphatic heterocycles. The number of aryl methyl sites for hydroxylation is 1. The van der Waals surface area contributed by atoms with Crippen LogP contribution in [0.15, 0.2) is 30.3 Å². The zero-order chi connectivity index (χ0) is 20.3. The molecule has 0 aliphatic carbocycles. The van der Waals surface area contributed by atoms with Gasteiger partial charge in [0.2, 0.25) is 5.91 Å². The predicted octanol–water partition coefficient (Wildman–Crippen LogP) is 3.87. The van der Waals surface area contributed by atoms with Crippen molar-refractivity contribution in [3.8, 4) is 0 Å². The minimum Gasteiger partial charge on any atom is -0.369 e. The molecule has 0 bridgehead atoms. The van der Waals surface area contributed by atoms with E-state index in [1.165, 1.54) is 16.8 Å². The first-order valence-electron chi connectivity index (χ1n) is 9.33. The van der Waals surface area contributed by atoms with Gasteiger partial charge in [0, 0.05) is 44.8 Å². The second-order valence-electron chi connectivity index (χ2n) is 7.07. The van der Waals surface area contributed by atoms with E-state index in [-0.39, 0.29) is 12.1 Å². The third-order valence-corrected chi connectivity index (χ3v) is 5.25. The summed E-state index contributed by atoms with van der Waals surface area (Å²) in [6.45, 7) is 8.12. The van der Waals surface area contributed by atoms with Gasteiger partial charge in [0.05, 0.1) is 5.69 Å². The van der Waals surface area contributed by atoms with Crippen LogP contribution in [-0.2, 0) is 4.79 Å². The Bertz CT molecular complexity index is 864. The topological polar surface area (TPSA) is 35.6 Å². The minimum absolute atomic E-state index is 0.155. The van der Waals surface area contributed by atoms with Gasteiger partial charge in [-0.3, -0.25) is 9.69 Å². The molecule has 1 fully saturated rings. The minimum atomic E-state index is -1.58. The highest BCUT2D eigenvalue weighted by Gasteiger charge is 2.20. The number of amides is 1. The Hall–Kier alpha value is -2.54. The van der Waals surface area contributed by atoms with Crippen LogP contribution in [0.1, 0.15) is 17.5 Å². The highest BCUT2D eigenvalue weighted by Crippen LogP contribution is 2.24. The molecule has 7 heteroatoms. The van der Waals surface area contributed by atoms with Crippen molar-refractivity contribution in [1.29, 1.82) is 0 Å². The Kier molecular flexibility index (Phi) is 6.24. The Balaban J connectivity index is 1.48. The van der Waals surface area contributed by atoms with Crippen molar-refractivity contribution >= 4 is 17.3 Å². The van der Waals surface area contributed by atoms with Crippen LogP contribution in [0, 0.1) is 31.3 Å². The predicted molar refractivity (Wildman–Crippen MR) is 104 cm³/mol. The quantitative estimate of drug-likeness (QED) is 0.786. The monoisotopic (exact) mass is 391 g/mol. The smallest absolute Gasteiger partial charge is 0.225 e. The lowest BCUT2D eigenvalue weighted by atomic mass is 10.1. The van der Waals surface area contributed by atoms with Gasteiger partial charge < -0.3 is 10.2 Å². The molecule has 2 aromatic carbocycles. The van der Waals surface area contributed by atoms with Gasteiger partial charge in [0.25, 0.3) is 0 Å². The van der Waals surface area contributed by atoms with E-state index >= 15 is 0 Å². The molecule has 1 heterocycles. The summed E-state index contributed by atoms with van der Waals surface area (Å²) in [6, 6.07) is 8.10. The van der Waals surface area contributed by atoms with E-state index in [1.54, 1.807) is 0 Å². The highest BCUT2D eigenvalue weighted by atomic mass is 19.2. The maximum absolute atomic E-state index is 13.6. The molecule has 1 N–H and O–H groups in total. The zero-order valence-electron chi connectivity index (χ0n) is 16.1. The number of nitrogens with zero attached hydrogens (tertiary/aromatic N) is 2. The largest absolute Gasteiger partial charge is 0.369 e. The number of rotatable bonds is 5. The first-order valence-corrected chi connectivity index (χ1v) is 9.33. The van der Waals surface area contributed by atoms with Gasteiger partial charge in [-0.1, -0.05) is 12.1 Å². The second-order valence-corrected chi connectivity index (χ2v) is 7.07. The first kappa shape index (κ1) is 20.2. The lowest BCUT2D eigenvalue weighted by Gasteiger charge is -2.37. The Morgan fingerprint density at radius 1 is 1.00 bits per heavy atom. The number of halogens is 3. The molecule has 0 saturated carbocycles. The van der Waals surface area contributed by atoms with E-state index in [0.29, 0.717) is 6.54 Å². The molecular formula is C21H24F3N3O. The van der Waals surface area contributed by atoms with Crippen molar-refractivity contribution < 1.29 is 18.0 Å². The number of hydrogen-bond donors (Lipinski definition) is 1. The Labute approximate surface area is 162 Å². The van der Waals surface area contributed by atoms with Crippen LogP contribution in [0.2, 0.25) is 0 Å². The van der Waals surface area contributed by atoms with Crippen LogP contribution >= 0.6 is 0 Å². The summed E-state index contributed by atoms with van der Waals surface area (Å²) in [5.74, 6) is -4.67. The number of carbonyl (C=O) groups excluding carboxylic acids is 1. The fraction of sp³-hybridized carbons (Fsp3) is 0.381. The van der Waals surface area contributed by atoms with Gasteiger partial charge in [-0.05, 0) is 43.2 Å². The SMILES string of the molecule is Cc1cccc(N2CCN(CCC(=O)Nc3ccc(F)c(F)c3F)CC2)c1C. The molecule has 2 aromatic rings. The van der Waals surface area contributed by atoms with Gasteiger partial charge >= 0.3 is 0 Å². The maximum Gasteiger partial charge on any atom is 0.225 e. The fourth-order valence-corrected chi connectivity index (χ4v) is 3.39. The molecular weight excluding hydrogens is 367 g/mol. The molecule has 0 radical (unpaired) electrons. The molecule has 28 heavy (non-hydrogen) atoms. The standard InChI is InChI=1S/C21H24F3N3O/c1-14-4-3-5-18(15(14)2)27-12-10-26(11-13-27)9-8-19(28)25-17-7-6-16(22)20(23)21(17)24/h3-7H,8-13H2,1-2H3,(H,25,28). The van der Waals surface area contributed by atoms with Crippen LogP contribution < -0.4 is 10.2 Å². The number of benzene rings is 2. The van der Waals surface area contributed by atoms with Crippen molar-refractivity contribution in [2.45, 2.75) is 20.3 Å². The summed E-state index contributed by atoms with van der Waals surface area (Å²) >= 11 is 0. The van der Waals surface area contributed by atoms with E-state index in [1.807, 2.05) is 0 Å². The van der Waals surface area contributed by atoms with Crippen LogP contribution in [0.3, 0.4) is 0 Å². The average Bonchev–Trinajstić information content (AvgIpc) is 2.69. The number of anilines is 2. The molecule has 0 spiro atoms. The third kappa shape index (κ3) is 4.47. The number of hydrogen-bond acceptors (Lipinski definition) is 3. The van der Waals surface area contributed by atoms with E-state index in [0.717, 1.165) is 38.3 Å². The molecule has 1 saturated heterocycles. The highest BCUT2D eigenvalue weighted by molar-refractivity contribution is 5.90.